The maximum Gasteiger partial charge on any atom is 0.416 e. The summed E-state index contributed by atoms with van der Waals surface area (Å²) < 4.78 is 44.5. The standard InChI is InChI=1S/C23H23F3N4O3/c1-14(31)28-18-10-6-15(7-11-18)20-19(21(32)27-12-13-30(2)3)29-22(33-20)16-4-8-17(9-5-16)23(24,25)26/h4-11H,12-13H2,1-3H3,(H,27,32)(H,28,31). The highest BCUT2D eigenvalue weighted by atomic mass is 19.4. The minimum absolute atomic E-state index is 0.0101. The lowest BCUT2D eigenvalue weighted by molar-refractivity contribution is -0.137. The maximum atomic E-state index is 12.9. The number of likely N-dealkylation sites (N-methyl/N-ethyl adjacent to an activating group) is 1. The van der Waals surface area contributed by atoms with Crippen LogP contribution in [-0.4, -0.2) is 48.9 Å². The highest BCUT2D eigenvalue weighted by Crippen LogP contribution is 2.33. The number of hydrogen-bond donors (Lipinski definition) is 2. The molecular weight excluding hydrogens is 437 g/mol. The molecule has 33 heavy (non-hydrogen) atoms. The summed E-state index contributed by atoms with van der Waals surface area (Å²) in [6, 6.07) is 10.9. The maximum absolute atomic E-state index is 12.9. The first-order valence-electron chi connectivity index (χ1n) is 10.0. The summed E-state index contributed by atoms with van der Waals surface area (Å²) in [5.41, 5.74) is 0.592. The van der Waals surface area contributed by atoms with E-state index < -0.39 is 17.6 Å². The number of carbonyl (C=O) groups excluding carboxylic acids is 2. The topological polar surface area (TPSA) is 87.5 Å². The zero-order valence-corrected chi connectivity index (χ0v) is 18.3. The van der Waals surface area contributed by atoms with Crippen molar-refractivity contribution in [1.29, 1.82) is 0 Å². The number of aromatic nitrogens is 1. The van der Waals surface area contributed by atoms with E-state index in [1.165, 1.54) is 19.1 Å². The fourth-order valence-electron chi connectivity index (χ4n) is 2.98. The number of alkyl halides is 3. The minimum Gasteiger partial charge on any atom is -0.435 e. The monoisotopic (exact) mass is 460 g/mol. The SMILES string of the molecule is CC(=O)Nc1ccc(-c2oc(-c3ccc(C(F)(F)F)cc3)nc2C(=O)NCCN(C)C)cc1. The van der Waals surface area contributed by atoms with Gasteiger partial charge in [0.15, 0.2) is 11.5 Å². The highest BCUT2D eigenvalue weighted by Gasteiger charge is 2.30. The molecule has 0 spiro atoms. The lowest BCUT2D eigenvalue weighted by atomic mass is 10.1. The zero-order chi connectivity index (χ0) is 24.2. The number of oxazole rings is 1. The van der Waals surface area contributed by atoms with Gasteiger partial charge >= 0.3 is 6.18 Å². The van der Waals surface area contributed by atoms with Gasteiger partial charge in [0, 0.05) is 36.8 Å². The van der Waals surface area contributed by atoms with Crippen molar-refractivity contribution in [3.05, 3.63) is 59.8 Å². The Morgan fingerprint density at radius 3 is 2.15 bits per heavy atom. The third-order valence-electron chi connectivity index (χ3n) is 4.61. The van der Waals surface area contributed by atoms with Gasteiger partial charge in [0.1, 0.15) is 0 Å². The van der Waals surface area contributed by atoms with Crippen LogP contribution in [0, 0.1) is 0 Å². The molecule has 0 radical (unpaired) electrons. The lowest BCUT2D eigenvalue weighted by Gasteiger charge is -2.10. The second-order valence-corrected chi connectivity index (χ2v) is 7.59. The molecule has 2 amide bonds. The summed E-state index contributed by atoms with van der Waals surface area (Å²) in [4.78, 5) is 30.2. The van der Waals surface area contributed by atoms with Gasteiger partial charge < -0.3 is 20.0 Å². The van der Waals surface area contributed by atoms with Crippen LogP contribution in [0.1, 0.15) is 23.0 Å². The molecule has 0 aliphatic carbocycles. The summed E-state index contributed by atoms with van der Waals surface area (Å²) in [5.74, 6) is -0.517. The Hall–Kier alpha value is -3.66. The van der Waals surface area contributed by atoms with Crippen LogP contribution < -0.4 is 10.6 Å². The van der Waals surface area contributed by atoms with Crippen molar-refractivity contribution in [2.75, 3.05) is 32.5 Å². The smallest absolute Gasteiger partial charge is 0.416 e. The van der Waals surface area contributed by atoms with Gasteiger partial charge in [0.2, 0.25) is 11.8 Å². The molecule has 0 saturated carbocycles. The predicted octanol–water partition coefficient (Wildman–Crippen LogP) is 4.28. The normalized spacial score (nSPS) is 11.5. The molecule has 3 aromatic rings. The summed E-state index contributed by atoms with van der Waals surface area (Å²) in [6.45, 7) is 2.36. The summed E-state index contributed by atoms with van der Waals surface area (Å²) in [6.07, 6.45) is -4.46. The number of nitrogens with one attached hydrogen (secondary N) is 2. The third kappa shape index (κ3) is 6.19. The highest BCUT2D eigenvalue weighted by molar-refractivity contribution is 5.98. The molecule has 0 atom stereocenters. The number of benzene rings is 2. The van der Waals surface area contributed by atoms with Gasteiger partial charge in [0.05, 0.1) is 5.56 Å². The van der Waals surface area contributed by atoms with Crippen molar-refractivity contribution in [1.82, 2.24) is 15.2 Å². The molecule has 2 aromatic carbocycles. The Morgan fingerprint density at radius 1 is 1.00 bits per heavy atom. The number of amides is 2. The van der Waals surface area contributed by atoms with E-state index in [4.69, 9.17) is 4.42 Å². The van der Waals surface area contributed by atoms with Crippen molar-refractivity contribution < 1.29 is 27.2 Å². The fraction of sp³-hybridized carbons (Fsp3) is 0.261. The molecule has 1 aromatic heterocycles. The van der Waals surface area contributed by atoms with Gasteiger partial charge in [-0.15, -0.1) is 0 Å². The van der Waals surface area contributed by atoms with Crippen LogP contribution in [0.4, 0.5) is 18.9 Å². The van der Waals surface area contributed by atoms with Crippen molar-refractivity contribution in [2.24, 2.45) is 0 Å². The predicted molar refractivity (Wildman–Crippen MR) is 118 cm³/mol. The molecule has 0 unspecified atom stereocenters. The zero-order valence-electron chi connectivity index (χ0n) is 18.3. The molecule has 174 valence electrons. The summed E-state index contributed by atoms with van der Waals surface area (Å²) in [7, 11) is 3.74. The van der Waals surface area contributed by atoms with E-state index in [0.717, 1.165) is 12.1 Å². The van der Waals surface area contributed by atoms with Gasteiger partial charge in [-0.25, -0.2) is 4.98 Å². The lowest BCUT2D eigenvalue weighted by Crippen LogP contribution is -2.31. The van der Waals surface area contributed by atoms with Gasteiger partial charge in [-0.2, -0.15) is 13.2 Å². The largest absolute Gasteiger partial charge is 0.435 e. The third-order valence-corrected chi connectivity index (χ3v) is 4.61. The first-order chi connectivity index (χ1) is 15.5. The molecule has 0 fully saturated rings. The Labute approximate surface area is 188 Å². The van der Waals surface area contributed by atoms with Crippen molar-refractivity contribution in [3.8, 4) is 22.8 Å². The molecule has 0 bridgehead atoms. The molecule has 0 aliphatic rings. The second-order valence-electron chi connectivity index (χ2n) is 7.59. The van der Waals surface area contributed by atoms with E-state index in [-0.39, 0.29) is 23.3 Å². The Morgan fingerprint density at radius 2 is 1.61 bits per heavy atom. The number of hydrogen-bond acceptors (Lipinski definition) is 5. The molecular formula is C23H23F3N4O3. The molecule has 1 heterocycles. The first kappa shape index (κ1) is 24.0. The minimum atomic E-state index is -4.46. The van der Waals surface area contributed by atoms with E-state index in [9.17, 15) is 22.8 Å². The molecule has 10 heteroatoms. The second kappa shape index (κ2) is 9.86. The number of halogens is 3. The average Bonchev–Trinajstić information content (AvgIpc) is 3.18. The van der Waals surface area contributed by atoms with Gasteiger partial charge in [-0.3, -0.25) is 9.59 Å². The number of nitrogens with zero attached hydrogens (tertiary/aromatic N) is 2. The number of rotatable bonds is 7. The number of carbonyl (C=O) groups is 2. The van der Waals surface area contributed by atoms with E-state index in [1.54, 1.807) is 24.3 Å². The van der Waals surface area contributed by atoms with E-state index >= 15 is 0 Å². The van der Waals surface area contributed by atoms with Crippen LogP contribution in [-0.2, 0) is 11.0 Å². The van der Waals surface area contributed by atoms with Crippen molar-refractivity contribution >= 4 is 17.5 Å². The average molecular weight is 460 g/mol. The Bertz CT molecular complexity index is 1120. The molecule has 0 aliphatic heterocycles. The number of anilines is 1. The Kier molecular flexibility index (Phi) is 7.17. The molecule has 0 saturated heterocycles. The Balaban J connectivity index is 1.97. The van der Waals surface area contributed by atoms with Crippen LogP contribution in [0.15, 0.2) is 52.9 Å². The summed E-state index contributed by atoms with van der Waals surface area (Å²) >= 11 is 0. The summed E-state index contributed by atoms with van der Waals surface area (Å²) in [5, 5.41) is 5.41. The van der Waals surface area contributed by atoms with Crippen LogP contribution in [0.25, 0.3) is 22.8 Å². The van der Waals surface area contributed by atoms with E-state index in [1.807, 2.05) is 19.0 Å². The van der Waals surface area contributed by atoms with Crippen LogP contribution in [0.2, 0.25) is 0 Å². The first-order valence-corrected chi connectivity index (χ1v) is 10.0. The van der Waals surface area contributed by atoms with Crippen LogP contribution in [0.5, 0.6) is 0 Å². The molecule has 2 N–H and O–H groups in total. The van der Waals surface area contributed by atoms with E-state index in [0.29, 0.717) is 29.9 Å². The van der Waals surface area contributed by atoms with Gasteiger partial charge in [0.25, 0.3) is 5.91 Å². The van der Waals surface area contributed by atoms with E-state index in [2.05, 4.69) is 15.6 Å². The molecule has 3 rings (SSSR count). The van der Waals surface area contributed by atoms with Crippen molar-refractivity contribution in [3.63, 3.8) is 0 Å². The molecule has 7 nitrogen and oxygen atoms in total. The quantitative estimate of drug-likeness (QED) is 0.550. The fourth-order valence-corrected chi connectivity index (χ4v) is 2.98. The van der Waals surface area contributed by atoms with Crippen molar-refractivity contribution in [2.45, 2.75) is 13.1 Å². The van der Waals surface area contributed by atoms with Gasteiger partial charge in [-0.1, -0.05) is 0 Å². The van der Waals surface area contributed by atoms with Crippen LogP contribution >= 0.6 is 0 Å². The van der Waals surface area contributed by atoms with Crippen LogP contribution in [0.3, 0.4) is 0 Å². The van der Waals surface area contributed by atoms with Gasteiger partial charge in [-0.05, 0) is 62.6 Å².